The van der Waals surface area contributed by atoms with Crippen LogP contribution in [0.1, 0.15) is 19.0 Å². The molecule has 5 heteroatoms. The van der Waals surface area contributed by atoms with Crippen LogP contribution in [0, 0.1) is 0 Å². The van der Waals surface area contributed by atoms with E-state index in [9.17, 15) is 0 Å². The second kappa shape index (κ2) is 6.11. The second-order valence-corrected chi connectivity index (χ2v) is 5.02. The Kier molecular flexibility index (Phi) is 4.49. The van der Waals surface area contributed by atoms with Gasteiger partial charge in [0.1, 0.15) is 0 Å². The van der Waals surface area contributed by atoms with Crippen LogP contribution in [0.5, 0.6) is 0 Å². The van der Waals surface area contributed by atoms with Gasteiger partial charge in [0.25, 0.3) is 0 Å². The first-order chi connectivity index (χ1) is 8.70. The predicted molar refractivity (Wildman–Crippen MR) is 73.7 cm³/mol. The third-order valence-corrected chi connectivity index (χ3v) is 3.48. The van der Waals surface area contributed by atoms with Crippen LogP contribution in [-0.4, -0.2) is 54.9 Å². The SMILES string of the molecule is CCNCc1ccc(N2CCC(N(C)C)C2)nn1. The minimum Gasteiger partial charge on any atom is -0.354 e. The first-order valence-corrected chi connectivity index (χ1v) is 6.65. The predicted octanol–water partition coefficient (Wildman–Crippen LogP) is 0.726. The fourth-order valence-electron chi connectivity index (χ4n) is 2.24. The van der Waals surface area contributed by atoms with E-state index in [0.29, 0.717) is 6.04 Å². The summed E-state index contributed by atoms with van der Waals surface area (Å²) < 4.78 is 0. The van der Waals surface area contributed by atoms with E-state index < -0.39 is 0 Å². The fraction of sp³-hybridized carbons (Fsp3) is 0.692. The zero-order valence-corrected chi connectivity index (χ0v) is 11.6. The molecule has 5 nitrogen and oxygen atoms in total. The molecule has 1 fully saturated rings. The van der Waals surface area contributed by atoms with Crippen LogP contribution in [0.25, 0.3) is 0 Å². The largest absolute Gasteiger partial charge is 0.354 e. The first-order valence-electron chi connectivity index (χ1n) is 6.65. The molecule has 1 N–H and O–H groups in total. The molecule has 18 heavy (non-hydrogen) atoms. The summed E-state index contributed by atoms with van der Waals surface area (Å²) in [6, 6.07) is 4.78. The van der Waals surface area contributed by atoms with Gasteiger partial charge in [-0.2, -0.15) is 5.10 Å². The fourth-order valence-corrected chi connectivity index (χ4v) is 2.24. The Morgan fingerprint density at radius 2 is 2.22 bits per heavy atom. The Bertz CT molecular complexity index is 362. The standard InChI is InChI=1S/C13H23N5/c1-4-14-9-11-5-6-13(16-15-11)18-8-7-12(10-18)17(2)3/h5-6,12,14H,4,7-10H2,1-3H3. The van der Waals surface area contributed by atoms with Gasteiger partial charge in [-0.25, -0.2) is 0 Å². The molecule has 1 aliphatic heterocycles. The third kappa shape index (κ3) is 3.17. The van der Waals surface area contributed by atoms with E-state index in [1.807, 2.05) is 0 Å². The zero-order chi connectivity index (χ0) is 13.0. The maximum Gasteiger partial charge on any atom is 0.151 e. The Balaban J connectivity index is 1.94. The van der Waals surface area contributed by atoms with E-state index >= 15 is 0 Å². The number of hydrogen-bond donors (Lipinski definition) is 1. The molecule has 0 bridgehead atoms. The maximum atomic E-state index is 4.32. The summed E-state index contributed by atoms with van der Waals surface area (Å²) in [6.07, 6.45) is 1.20. The molecule has 1 saturated heterocycles. The van der Waals surface area contributed by atoms with E-state index in [0.717, 1.165) is 37.7 Å². The molecule has 0 aliphatic carbocycles. The van der Waals surface area contributed by atoms with Crippen molar-refractivity contribution in [1.29, 1.82) is 0 Å². The molecule has 0 saturated carbocycles. The van der Waals surface area contributed by atoms with Gasteiger partial charge >= 0.3 is 0 Å². The van der Waals surface area contributed by atoms with Crippen molar-refractivity contribution in [3.8, 4) is 0 Å². The number of hydrogen-bond acceptors (Lipinski definition) is 5. The summed E-state index contributed by atoms with van der Waals surface area (Å²) in [7, 11) is 4.28. The summed E-state index contributed by atoms with van der Waals surface area (Å²) in [4.78, 5) is 4.60. The van der Waals surface area contributed by atoms with Gasteiger partial charge in [-0.05, 0) is 39.2 Å². The highest BCUT2D eigenvalue weighted by Gasteiger charge is 2.24. The molecule has 0 radical (unpaired) electrons. The maximum absolute atomic E-state index is 4.32. The molecule has 0 amide bonds. The van der Waals surface area contributed by atoms with Gasteiger partial charge in [0.15, 0.2) is 5.82 Å². The van der Waals surface area contributed by atoms with Crippen LogP contribution in [0.4, 0.5) is 5.82 Å². The summed E-state index contributed by atoms with van der Waals surface area (Å²) in [6.45, 7) is 5.97. The van der Waals surface area contributed by atoms with Crippen molar-refractivity contribution >= 4 is 5.82 Å². The molecule has 100 valence electrons. The normalized spacial score (nSPS) is 19.8. The van der Waals surface area contributed by atoms with Gasteiger partial charge in [-0.1, -0.05) is 6.92 Å². The van der Waals surface area contributed by atoms with Crippen LogP contribution in [0.3, 0.4) is 0 Å². The molecule has 0 spiro atoms. The molecule has 1 aliphatic rings. The topological polar surface area (TPSA) is 44.3 Å². The summed E-state index contributed by atoms with van der Waals surface area (Å²) >= 11 is 0. The molecule has 1 aromatic rings. The summed E-state index contributed by atoms with van der Waals surface area (Å²) in [5, 5.41) is 11.8. The van der Waals surface area contributed by atoms with Crippen molar-refractivity contribution in [3.05, 3.63) is 17.8 Å². The van der Waals surface area contributed by atoms with E-state index in [-0.39, 0.29) is 0 Å². The molecule has 2 heterocycles. The van der Waals surface area contributed by atoms with Crippen LogP contribution in [0.15, 0.2) is 12.1 Å². The van der Waals surface area contributed by atoms with Gasteiger partial charge in [0.05, 0.1) is 5.69 Å². The molecular weight excluding hydrogens is 226 g/mol. The lowest BCUT2D eigenvalue weighted by atomic mass is 10.2. The Labute approximate surface area is 109 Å². The monoisotopic (exact) mass is 249 g/mol. The summed E-state index contributed by atoms with van der Waals surface area (Å²) in [5.41, 5.74) is 1.00. The van der Waals surface area contributed by atoms with Crippen molar-refractivity contribution in [2.45, 2.75) is 25.9 Å². The Morgan fingerprint density at radius 3 is 2.78 bits per heavy atom. The van der Waals surface area contributed by atoms with Crippen molar-refractivity contribution in [3.63, 3.8) is 0 Å². The smallest absolute Gasteiger partial charge is 0.151 e. The Hall–Kier alpha value is -1.20. The van der Waals surface area contributed by atoms with Gasteiger partial charge < -0.3 is 15.1 Å². The van der Waals surface area contributed by atoms with Gasteiger partial charge in [0.2, 0.25) is 0 Å². The van der Waals surface area contributed by atoms with Gasteiger partial charge in [-0.3, -0.25) is 0 Å². The summed E-state index contributed by atoms with van der Waals surface area (Å²) in [5.74, 6) is 1.000. The quantitative estimate of drug-likeness (QED) is 0.833. The molecule has 1 aromatic heterocycles. The number of rotatable bonds is 5. The van der Waals surface area contributed by atoms with Crippen molar-refractivity contribution in [2.75, 3.05) is 38.6 Å². The molecule has 1 unspecified atom stereocenters. The van der Waals surface area contributed by atoms with Crippen LogP contribution in [-0.2, 0) is 6.54 Å². The highest BCUT2D eigenvalue weighted by Crippen LogP contribution is 2.19. The highest BCUT2D eigenvalue weighted by atomic mass is 15.3. The van der Waals surface area contributed by atoms with Crippen molar-refractivity contribution in [1.82, 2.24) is 20.4 Å². The number of nitrogens with zero attached hydrogens (tertiary/aromatic N) is 4. The number of nitrogens with one attached hydrogen (secondary N) is 1. The number of aromatic nitrogens is 2. The lowest BCUT2D eigenvalue weighted by Crippen LogP contribution is -2.31. The van der Waals surface area contributed by atoms with Gasteiger partial charge in [-0.15, -0.1) is 5.10 Å². The van der Waals surface area contributed by atoms with E-state index in [1.54, 1.807) is 0 Å². The van der Waals surface area contributed by atoms with Crippen LogP contribution in [0.2, 0.25) is 0 Å². The molecule has 2 rings (SSSR count). The van der Waals surface area contributed by atoms with E-state index in [2.05, 4.69) is 58.5 Å². The van der Waals surface area contributed by atoms with Gasteiger partial charge in [0, 0.05) is 25.7 Å². The lowest BCUT2D eigenvalue weighted by Gasteiger charge is -2.20. The van der Waals surface area contributed by atoms with Crippen molar-refractivity contribution in [2.24, 2.45) is 0 Å². The minimum absolute atomic E-state index is 0.633. The average molecular weight is 249 g/mol. The van der Waals surface area contributed by atoms with E-state index in [4.69, 9.17) is 0 Å². The van der Waals surface area contributed by atoms with Crippen LogP contribution >= 0.6 is 0 Å². The number of likely N-dealkylation sites (N-methyl/N-ethyl adjacent to an activating group) is 1. The average Bonchev–Trinajstić information content (AvgIpc) is 2.87. The lowest BCUT2D eigenvalue weighted by molar-refractivity contribution is 0.315. The zero-order valence-electron chi connectivity index (χ0n) is 11.6. The third-order valence-electron chi connectivity index (χ3n) is 3.48. The van der Waals surface area contributed by atoms with E-state index in [1.165, 1.54) is 6.42 Å². The first kappa shape index (κ1) is 13.2. The van der Waals surface area contributed by atoms with Crippen molar-refractivity contribution < 1.29 is 0 Å². The van der Waals surface area contributed by atoms with Crippen LogP contribution < -0.4 is 10.2 Å². The highest BCUT2D eigenvalue weighted by molar-refractivity contribution is 5.39. The molecular formula is C13H23N5. The molecule has 0 aromatic carbocycles. The number of anilines is 1. The Morgan fingerprint density at radius 1 is 1.39 bits per heavy atom. The molecule has 1 atom stereocenters. The minimum atomic E-state index is 0.633. The second-order valence-electron chi connectivity index (χ2n) is 5.02.